The van der Waals surface area contributed by atoms with Crippen molar-refractivity contribution in [2.24, 2.45) is 0 Å². The van der Waals surface area contributed by atoms with Crippen molar-refractivity contribution in [1.29, 1.82) is 0 Å². The van der Waals surface area contributed by atoms with Gasteiger partial charge in [-0.3, -0.25) is 4.79 Å². The monoisotopic (exact) mass is 389 g/mol. The molecule has 4 nitrogen and oxygen atoms in total. The van der Waals surface area contributed by atoms with Gasteiger partial charge in [0.1, 0.15) is 0 Å². The van der Waals surface area contributed by atoms with Crippen molar-refractivity contribution >= 4 is 45.4 Å². The average Bonchev–Trinajstić information content (AvgIpc) is 2.75. The number of carbonyl (C=O) groups excluding carboxylic acids is 1. The zero-order valence-corrected chi connectivity index (χ0v) is 16.5. The van der Waals surface area contributed by atoms with Gasteiger partial charge in [0, 0.05) is 35.4 Å². The highest BCUT2D eigenvalue weighted by Gasteiger charge is 2.17. The topological polar surface area (TPSA) is 44.4 Å². The Morgan fingerprint density at radius 1 is 0.821 bits per heavy atom. The fourth-order valence-electron chi connectivity index (χ4n) is 3.59. The number of anilines is 2. The highest BCUT2D eigenvalue weighted by atomic mass is 32.1. The van der Waals surface area contributed by atoms with Crippen LogP contribution in [0.4, 0.5) is 11.4 Å². The van der Waals surface area contributed by atoms with Crippen LogP contribution in [-0.4, -0.2) is 29.0 Å². The minimum absolute atomic E-state index is 0.114. The Bertz CT molecular complexity index is 989. The van der Waals surface area contributed by atoms with E-state index < -0.39 is 0 Å². The number of fused-ring (bicyclic) bond motifs is 1. The van der Waals surface area contributed by atoms with Crippen LogP contribution in [0, 0.1) is 0 Å². The van der Waals surface area contributed by atoms with Gasteiger partial charge < -0.3 is 15.5 Å². The quantitative estimate of drug-likeness (QED) is 0.599. The third kappa shape index (κ3) is 4.15. The van der Waals surface area contributed by atoms with Crippen LogP contribution in [0.2, 0.25) is 0 Å². The van der Waals surface area contributed by atoms with Crippen molar-refractivity contribution in [3.05, 3.63) is 72.3 Å². The molecule has 1 saturated heterocycles. The highest BCUT2D eigenvalue weighted by molar-refractivity contribution is 7.80. The average molecular weight is 390 g/mol. The van der Waals surface area contributed by atoms with Gasteiger partial charge in [-0.15, -0.1) is 0 Å². The summed E-state index contributed by atoms with van der Waals surface area (Å²) in [6.07, 6.45) is 3.41. The Morgan fingerprint density at radius 2 is 1.54 bits per heavy atom. The molecule has 0 atom stereocenters. The third-order valence-electron chi connectivity index (χ3n) is 5.07. The first-order valence-corrected chi connectivity index (χ1v) is 10.1. The van der Waals surface area contributed by atoms with Crippen LogP contribution < -0.4 is 10.6 Å². The number of nitrogens with zero attached hydrogens (tertiary/aromatic N) is 1. The van der Waals surface area contributed by atoms with E-state index in [4.69, 9.17) is 12.2 Å². The molecule has 5 heteroatoms. The maximum atomic E-state index is 12.6. The lowest BCUT2D eigenvalue weighted by Gasteiger charge is -2.26. The van der Waals surface area contributed by atoms with Crippen LogP contribution >= 0.6 is 12.2 Å². The van der Waals surface area contributed by atoms with Crippen molar-refractivity contribution in [2.75, 3.05) is 23.7 Å². The van der Waals surface area contributed by atoms with Crippen molar-refractivity contribution in [1.82, 2.24) is 4.90 Å². The lowest BCUT2D eigenvalue weighted by atomic mass is 10.1. The SMILES string of the molecule is O=C(c1ccc(NC(=S)Nc2cccc3ccccc23)cc1)N1CCCCC1. The van der Waals surface area contributed by atoms with Crippen LogP contribution in [0.15, 0.2) is 66.7 Å². The standard InChI is InChI=1S/C23H23N3OS/c27-22(26-15-4-1-5-16-26)18-11-13-19(14-12-18)24-23(28)25-21-10-6-8-17-7-2-3-9-20(17)21/h2-3,6-14H,1,4-5,15-16H2,(H2,24,25,28). The lowest BCUT2D eigenvalue weighted by Crippen LogP contribution is -2.35. The van der Waals surface area contributed by atoms with Crippen molar-refractivity contribution in [3.8, 4) is 0 Å². The normalized spacial score (nSPS) is 13.9. The van der Waals surface area contributed by atoms with E-state index in [2.05, 4.69) is 28.8 Å². The molecule has 1 heterocycles. The number of carbonyl (C=O) groups is 1. The molecule has 1 amide bonds. The van der Waals surface area contributed by atoms with Crippen LogP contribution in [0.5, 0.6) is 0 Å². The Kier molecular flexibility index (Phi) is 5.53. The summed E-state index contributed by atoms with van der Waals surface area (Å²) < 4.78 is 0. The molecule has 4 rings (SSSR count). The van der Waals surface area contributed by atoms with E-state index in [9.17, 15) is 4.79 Å². The summed E-state index contributed by atoms with van der Waals surface area (Å²) in [6.45, 7) is 1.72. The number of thiocarbonyl (C=S) groups is 1. The van der Waals surface area contributed by atoms with Crippen LogP contribution in [0.3, 0.4) is 0 Å². The summed E-state index contributed by atoms with van der Waals surface area (Å²) in [5, 5.41) is 9.27. The molecule has 2 N–H and O–H groups in total. The predicted octanol–water partition coefficient (Wildman–Crippen LogP) is 5.27. The van der Waals surface area contributed by atoms with E-state index in [1.807, 2.05) is 53.4 Å². The minimum atomic E-state index is 0.114. The van der Waals surface area contributed by atoms with Crippen molar-refractivity contribution in [2.45, 2.75) is 19.3 Å². The number of hydrogen-bond donors (Lipinski definition) is 2. The summed E-state index contributed by atoms with van der Waals surface area (Å²) in [7, 11) is 0. The molecular formula is C23H23N3OS. The molecule has 1 aliphatic rings. The second kappa shape index (κ2) is 8.40. The van der Waals surface area contributed by atoms with E-state index in [-0.39, 0.29) is 5.91 Å². The minimum Gasteiger partial charge on any atom is -0.339 e. The summed E-state index contributed by atoms with van der Waals surface area (Å²) in [5.74, 6) is 0.114. The maximum absolute atomic E-state index is 12.6. The van der Waals surface area contributed by atoms with Gasteiger partial charge >= 0.3 is 0 Å². The fourth-order valence-corrected chi connectivity index (χ4v) is 3.82. The van der Waals surface area contributed by atoms with Gasteiger partial charge in [0.25, 0.3) is 5.91 Å². The van der Waals surface area contributed by atoms with Crippen LogP contribution in [0.25, 0.3) is 10.8 Å². The number of benzene rings is 3. The second-order valence-corrected chi connectivity index (χ2v) is 7.44. The number of likely N-dealkylation sites (tertiary alicyclic amines) is 1. The van der Waals surface area contributed by atoms with Crippen LogP contribution in [0.1, 0.15) is 29.6 Å². The number of amides is 1. The molecule has 0 radical (unpaired) electrons. The van der Waals surface area contributed by atoms with Gasteiger partial charge in [0.05, 0.1) is 0 Å². The lowest BCUT2D eigenvalue weighted by molar-refractivity contribution is 0.0724. The van der Waals surface area contributed by atoms with Crippen molar-refractivity contribution in [3.63, 3.8) is 0 Å². The molecule has 1 fully saturated rings. The summed E-state index contributed by atoms with van der Waals surface area (Å²) in [5.41, 5.74) is 2.54. The van der Waals surface area contributed by atoms with E-state index in [1.54, 1.807) is 0 Å². The van der Waals surface area contributed by atoms with E-state index in [0.29, 0.717) is 5.11 Å². The van der Waals surface area contributed by atoms with Gasteiger partial charge in [0.15, 0.2) is 5.11 Å². The van der Waals surface area contributed by atoms with Gasteiger partial charge in [-0.05, 0) is 67.2 Å². The van der Waals surface area contributed by atoms with Gasteiger partial charge in [-0.2, -0.15) is 0 Å². The Balaban J connectivity index is 1.41. The number of hydrogen-bond acceptors (Lipinski definition) is 2. The third-order valence-corrected chi connectivity index (χ3v) is 5.27. The first-order valence-electron chi connectivity index (χ1n) is 9.66. The molecule has 0 aromatic heterocycles. The summed E-state index contributed by atoms with van der Waals surface area (Å²) >= 11 is 5.47. The van der Waals surface area contributed by atoms with Gasteiger partial charge in [0.2, 0.25) is 0 Å². The fraction of sp³-hybridized carbons (Fsp3) is 0.217. The zero-order chi connectivity index (χ0) is 19.3. The largest absolute Gasteiger partial charge is 0.339 e. The molecule has 1 aliphatic heterocycles. The molecule has 28 heavy (non-hydrogen) atoms. The summed E-state index contributed by atoms with van der Waals surface area (Å²) in [6, 6.07) is 21.8. The molecule has 0 bridgehead atoms. The highest BCUT2D eigenvalue weighted by Crippen LogP contribution is 2.23. The number of piperidine rings is 1. The predicted molar refractivity (Wildman–Crippen MR) is 120 cm³/mol. The zero-order valence-electron chi connectivity index (χ0n) is 15.7. The molecular weight excluding hydrogens is 366 g/mol. The molecule has 0 spiro atoms. The molecule has 0 aliphatic carbocycles. The molecule has 0 unspecified atom stereocenters. The van der Waals surface area contributed by atoms with E-state index >= 15 is 0 Å². The van der Waals surface area contributed by atoms with Crippen LogP contribution in [-0.2, 0) is 0 Å². The summed E-state index contributed by atoms with van der Waals surface area (Å²) in [4.78, 5) is 14.5. The molecule has 142 valence electrons. The molecule has 3 aromatic rings. The Hall–Kier alpha value is -2.92. The van der Waals surface area contributed by atoms with E-state index in [0.717, 1.165) is 53.6 Å². The Morgan fingerprint density at radius 3 is 2.32 bits per heavy atom. The van der Waals surface area contributed by atoms with E-state index in [1.165, 1.54) is 6.42 Å². The second-order valence-electron chi connectivity index (χ2n) is 7.04. The first-order chi connectivity index (χ1) is 13.7. The maximum Gasteiger partial charge on any atom is 0.253 e. The number of nitrogens with one attached hydrogen (secondary N) is 2. The van der Waals surface area contributed by atoms with Crippen molar-refractivity contribution < 1.29 is 4.79 Å². The van der Waals surface area contributed by atoms with Gasteiger partial charge in [-0.25, -0.2) is 0 Å². The first kappa shape index (κ1) is 18.4. The molecule has 0 saturated carbocycles. The molecule has 3 aromatic carbocycles. The van der Waals surface area contributed by atoms with Gasteiger partial charge in [-0.1, -0.05) is 36.4 Å². The smallest absolute Gasteiger partial charge is 0.253 e. The Labute approximate surface area is 170 Å². The number of rotatable bonds is 3.